The van der Waals surface area contributed by atoms with Crippen LogP contribution >= 0.6 is 0 Å². The Labute approximate surface area is 117 Å². The molecule has 0 fully saturated rings. The molecule has 0 aliphatic carbocycles. The zero-order chi connectivity index (χ0) is 14.4. The number of nitrogens with one attached hydrogen (secondary N) is 2. The van der Waals surface area contributed by atoms with E-state index in [1.54, 1.807) is 12.1 Å². The highest BCUT2D eigenvalue weighted by molar-refractivity contribution is 5.92. The van der Waals surface area contributed by atoms with E-state index in [-0.39, 0.29) is 18.1 Å². The Balaban J connectivity index is 1.99. The number of carbonyl (C=O) groups excluding carboxylic acids is 1. The van der Waals surface area contributed by atoms with Crippen molar-refractivity contribution in [1.82, 2.24) is 5.32 Å². The van der Waals surface area contributed by atoms with Crippen molar-refractivity contribution in [3.05, 3.63) is 65.5 Å². The zero-order valence-corrected chi connectivity index (χ0v) is 11.3. The molecule has 3 nitrogen and oxygen atoms in total. The van der Waals surface area contributed by atoms with Crippen molar-refractivity contribution in [3.8, 4) is 0 Å². The van der Waals surface area contributed by atoms with Crippen molar-refractivity contribution in [1.29, 1.82) is 0 Å². The number of halogens is 1. The van der Waals surface area contributed by atoms with Gasteiger partial charge in [0, 0.05) is 12.2 Å². The molecule has 0 aliphatic rings. The van der Waals surface area contributed by atoms with Crippen LogP contribution in [0, 0.1) is 5.82 Å². The summed E-state index contributed by atoms with van der Waals surface area (Å²) in [6, 6.07) is 13.7. The van der Waals surface area contributed by atoms with Crippen LogP contribution in [0.5, 0.6) is 0 Å². The second-order valence-electron chi connectivity index (χ2n) is 4.59. The largest absolute Gasteiger partial charge is 0.326 e. The molecule has 0 aliphatic heterocycles. The average Bonchev–Trinajstić information content (AvgIpc) is 2.39. The van der Waals surface area contributed by atoms with Gasteiger partial charge >= 0.3 is 0 Å². The topological polar surface area (TPSA) is 41.1 Å². The number of anilines is 1. The highest BCUT2D eigenvalue weighted by atomic mass is 19.1. The maximum atomic E-state index is 13.0. The van der Waals surface area contributed by atoms with E-state index in [9.17, 15) is 9.18 Å². The van der Waals surface area contributed by atoms with Gasteiger partial charge in [0.15, 0.2) is 0 Å². The zero-order valence-electron chi connectivity index (χ0n) is 11.3. The lowest BCUT2D eigenvalue weighted by molar-refractivity contribution is -0.115. The van der Waals surface area contributed by atoms with Gasteiger partial charge in [-0.15, -0.1) is 0 Å². The first-order valence-electron chi connectivity index (χ1n) is 6.45. The van der Waals surface area contributed by atoms with Crippen LogP contribution in [0.15, 0.2) is 48.5 Å². The maximum Gasteiger partial charge on any atom is 0.228 e. The highest BCUT2D eigenvalue weighted by Gasteiger charge is 2.05. The summed E-state index contributed by atoms with van der Waals surface area (Å²) in [7, 11) is 1.87. The predicted octanol–water partition coefficient (Wildman–Crippen LogP) is 2.73. The van der Waals surface area contributed by atoms with Gasteiger partial charge in [0.1, 0.15) is 5.82 Å². The number of hydrogen-bond donors (Lipinski definition) is 2. The van der Waals surface area contributed by atoms with Crippen LogP contribution in [0.3, 0.4) is 0 Å². The lowest BCUT2D eigenvalue weighted by Crippen LogP contribution is -2.15. The van der Waals surface area contributed by atoms with Crippen LogP contribution in [0.2, 0.25) is 0 Å². The molecule has 0 unspecified atom stereocenters. The molecule has 2 aromatic rings. The summed E-state index contributed by atoms with van der Waals surface area (Å²) in [6.45, 7) is 0.744. The Morgan fingerprint density at radius 3 is 2.60 bits per heavy atom. The Morgan fingerprint density at radius 2 is 1.85 bits per heavy atom. The Hall–Kier alpha value is -2.20. The third-order valence-corrected chi connectivity index (χ3v) is 2.85. The van der Waals surface area contributed by atoms with Crippen LogP contribution in [0.4, 0.5) is 10.1 Å². The first-order valence-corrected chi connectivity index (χ1v) is 6.45. The monoisotopic (exact) mass is 272 g/mol. The fraction of sp³-hybridized carbons (Fsp3) is 0.188. The Kier molecular flexibility index (Phi) is 4.85. The lowest BCUT2D eigenvalue weighted by Gasteiger charge is -2.07. The normalized spacial score (nSPS) is 10.3. The first kappa shape index (κ1) is 14.2. The minimum atomic E-state index is -0.327. The van der Waals surface area contributed by atoms with Crippen molar-refractivity contribution in [2.24, 2.45) is 0 Å². The van der Waals surface area contributed by atoms with E-state index in [0.717, 1.165) is 17.8 Å². The minimum Gasteiger partial charge on any atom is -0.326 e. The first-order chi connectivity index (χ1) is 9.67. The third-order valence-electron chi connectivity index (χ3n) is 2.85. The van der Waals surface area contributed by atoms with Gasteiger partial charge in [0.25, 0.3) is 0 Å². The number of amides is 1. The van der Waals surface area contributed by atoms with Crippen LogP contribution < -0.4 is 10.6 Å². The fourth-order valence-corrected chi connectivity index (χ4v) is 2.00. The summed E-state index contributed by atoms with van der Waals surface area (Å²) in [6.07, 6.45) is 0.161. The average molecular weight is 272 g/mol. The van der Waals surface area contributed by atoms with Crippen molar-refractivity contribution >= 4 is 11.6 Å². The number of hydrogen-bond acceptors (Lipinski definition) is 2. The smallest absolute Gasteiger partial charge is 0.228 e. The van der Waals surface area contributed by atoms with E-state index in [0.29, 0.717) is 5.56 Å². The van der Waals surface area contributed by atoms with Crippen molar-refractivity contribution in [3.63, 3.8) is 0 Å². The Morgan fingerprint density at radius 1 is 1.10 bits per heavy atom. The van der Waals surface area contributed by atoms with Gasteiger partial charge < -0.3 is 10.6 Å². The summed E-state index contributed by atoms with van der Waals surface area (Å²) >= 11 is 0. The van der Waals surface area contributed by atoms with Crippen LogP contribution in [0.1, 0.15) is 11.1 Å². The molecule has 20 heavy (non-hydrogen) atoms. The highest BCUT2D eigenvalue weighted by Crippen LogP contribution is 2.12. The van der Waals surface area contributed by atoms with Crippen LogP contribution in [-0.4, -0.2) is 13.0 Å². The van der Waals surface area contributed by atoms with E-state index < -0.39 is 0 Å². The molecule has 0 aromatic heterocycles. The molecule has 104 valence electrons. The molecule has 2 rings (SSSR count). The molecule has 0 radical (unpaired) electrons. The molecule has 2 aromatic carbocycles. The van der Waals surface area contributed by atoms with Gasteiger partial charge in [-0.25, -0.2) is 4.39 Å². The molecule has 0 atom stereocenters. The standard InChI is InChI=1S/C16H17FN2O/c1-18-11-13-5-3-7-15(9-13)19-16(20)10-12-4-2-6-14(17)8-12/h2-9,18H,10-11H2,1H3,(H,19,20). The van der Waals surface area contributed by atoms with E-state index >= 15 is 0 Å². The Bertz CT molecular complexity index is 599. The van der Waals surface area contributed by atoms with Crippen molar-refractivity contribution < 1.29 is 9.18 Å². The van der Waals surface area contributed by atoms with Crippen LogP contribution in [-0.2, 0) is 17.8 Å². The summed E-state index contributed by atoms with van der Waals surface area (Å²) < 4.78 is 13.0. The SMILES string of the molecule is CNCc1cccc(NC(=O)Cc2cccc(F)c2)c1. The molecule has 0 bridgehead atoms. The number of benzene rings is 2. The molecule has 0 spiro atoms. The summed E-state index contributed by atoms with van der Waals surface area (Å²) in [4.78, 5) is 11.9. The van der Waals surface area contributed by atoms with E-state index in [2.05, 4.69) is 10.6 Å². The number of carbonyl (C=O) groups is 1. The molecule has 1 amide bonds. The summed E-state index contributed by atoms with van der Waals surface area (Å²) in [5.41, 5.74) is 2.50. The molecule has 4 heteroatoms. The van der Waals surface area contributed by atoms with Crippen molar-refractivity contribution in [2.45, 2.75) is 13.0 Å². The molecular weight excluding hydrogens is 255 g/mol. The molecule has 0 heterocycles. The van der Waals surface area contributed by atoms with Crippen molar-refractivity contribution in [2.75, 3.05) is 12.4 Å². The van der Waals surface area contributed by atoms with E-state index in [1.807, 2.05) is 31.3 Å². The fourth-order valence-electron chi connectivity index (χ4n) is 2.00. The van der Waals surface area contributed by atoms with Gasteiger partial charge in [-0.2, -0.15) is 0 Å². The maximum absolute atomic E-state index is 13.0. The molecule has 2 N–H and O–H groups in total. The number of rotatable bonds is 5. The summed E-state index contributed by atoms with van der Waals surface area (Å²) in [5, 5.41) is 5.88. The van der Waals surface area contributed by atoms with Gasteiger partial charge in [-0.1, -0.05) is 24.3 Å². The quantitative estimate of drug-likeness (QED) is 0.878. The summed E-state index contributed by atoms with van der Waals surface area (Å²) in [5.74, 6) is -0.483. The van der Waals surface area contributed by atoms with Gasteiger partial charge in [0.05, 0.1) is 6.42 Å². The van der Waals surface area contributed by atoms with E-state index in [4.69, 9.17) is 0 Å². The minimum absolute atomic E-state index is 0.155. The molecular formula is C16H17FN2O. The lowest BCUT2D eigenvalue weighted by atomic mass is 10.1. The second-order valence-corrected chi connectivity index (χ2v) is 4.59. The third kappa shape index (κ3) is 4.17. The van der Waals surface area contributed by atoms with Gasteiger partial charge in [-0.05, 0) is 42.4 Å². The predicted molar refractivity (Wildman–Crippen MR) is 77.9 cm³/mol. The van der Waals surface area contributed by atoms with Gasteiger partial charge in [-0.3, -0.25) is 4.79 Å². The van der Waals surface area contributed by atoms with Gasteiger partial charge in [0.2, 0.25) is 5.91 Å². The molecule has 0 saturated heterocycles. The molecule has 0 saturated carbocycles. The second kappa shape index (κ2) is 6.82. The van der Waals surface area contributed by atoms with E-state index in [1.165, 1.54) is 12.1 Å². The van der Waals surface area contributed by atoms with Crippen LogP contribution in [0.25, 0.3) is 0 Å².